The van der Waals surface area contributed by atoms with E-state index in [1.807, 2.05) is 0 Å². The van der Waals surface area contributed by atoms with Gasteiger partial charge in [0.1, 0.15) is 5.82 Å². The van der Waals surface area contributed by atoms with Gasteiger partial charge in [-0.2, -0.15) is 13.2 Å². The predicted octanol–water partition coefficient (Wildman–Crippen LogP) is 4.70. The van der Waals surface area contributed by atoms with Crippen molar-refractivity contribution in [1.82, 2.24) is 0 Å². The molecule has 0 atom stereocenters. The lowest BCUT2D eigenvalue weighted by atomic mass is 10.1. The SMILES string of the molecule is O=C(Nc1ccc(I)cc1)c1ccc(F)c(C(F)(F)F)c1. The van der Waals surface area contributed by atoms with Gasteiger partial charge >= 0.3 is 6.18 Å². The first-order valence-electron chi connectivity index (χ1n) is 5.71. The Balaban J connectivity index is 2.25. The van der Waals surface area contributed by atoms with Gasteiger partial charge in [-0.25, -0.2) is 4.39 Å². The van der Waals surface area contributed by atoms with Gasteiger partial charge in [-0.3, -0.25) is 4.79 Å². The molecule has 2 nitrogen and oxygen atoms in total. The highest BCUT2D eigenvalue weighted by Gasteiger charge is 2.34. The van der Waals surface area contributed by atoms with Crippen LogP contribution in [0.15, 0.2) is 42.5 Å². The minimum absolute atomic E-state index is 0.262. The fraction of sp³-hybridized carbons (Fsp3) is 0.0714. The van der Waals surface area contributed by atoms with Crippen molar-refractivity contribution in [2.75, 3.05) is 5.32 Å². The fourth-order valence-electron chi connectivity index (χ4n) is 1.62. The van der Waals surface area contributed by atoms with Crippen LogP contribution in [0.5, 0.6) is 0 Å². The maximum Gasteiger partial charge on any atom is 0.419 e. The summed E-state index contributed by atoms with van der Waals surface area (Å²) in [7, 11) is 0. The highest BCUT2D eigenvalue weighted by Crippen LogP contribution is 2.32. The van der Waals surface area contributed by atoms with E-state index < -0.39 is 23.5 Å². The average Bonchev–Trinajstić information content (AvgIpc) is 2.40. The molecule has 0 bridgehead atoms. The number of hydrogen-bond donors (Lipinski definition) is 1. The number of nitrogens with one attached hydrogen (secondary N) is 1. The Morgan fingerprint density at radius 2 is 1.67 bits per heavy atom. The molecule has 7 heteroatoms. The van der Waals surface area contributed by atoms with Gasteiger partial charge in [-0.05, 0) is 65.1 Å². The highest BCUT2D eigenvalue weighted by atomic mass is 127. The van der Waals surface area contributed by atoms with Crippen molar-refractivity contribution in [2.45, 2.75) is 6.18 Å². The summed E-state index contributed by atoms with van der Waals surface area (Å²) in [6, 6.07) is 8.85. The Bertz CT molecular complexity index is 668. The van der Waals surface area contributed by atoms with E-state index in [9.17, 15) is 22.4 Å². The smallest absolute Gasteiger partial charge is 0.322 e. The molecule has 0 heterocycles. The van der Waals surface area contributed by atoms with E-state index in [2.05, 4.69) is 27.9 Å². The number of anilines is 1. The second-order valence-electron chi connectivity index (χ2n) is 4.15. The summed E-state index contributed by atoms with van der Waals surface area (Å²) in [4.78, 5) is 11.9. The van der Waals surface area contributed by atoms with Gasteiger partial charge in [0.05, 0.1) is 5.56 Å². The topological polar surface area (TPSA) is 29.1 Å². The molecule has 0 radical (unpaired) electrons. The Morgan fingerprint density at radius 3 is 2.24 bits per heavy atom. The summed E-state index contributed by atoms with van der Waals surface area (Å²) in [5.41, 5.74) is -1.28. The maximum absolute atomic E-state index is 13.1. The van der Waals surface area contributed by atoms with E-state index in [0.29, 0.717) is 17.8 Å². The number of hydrogen-bond acceptors (Lipinski definition) is 1. The molecule has 0 fully saturated rings. The summed E-state index contributed by atoms with van der Waals surface area (Å²) in [6.45, 7) is 0. The second-order valence-corrected chi connectivity index (χ2v) is 5.40. The number of halogens is 5. The Kier molecular flexibility index (Phi) is 4.50. The molecule has 2 aromatic rings. The van der Waals surface area contributed by atoms with Crippen LogP contribution in [0, 0.1) is 9.39 Å². The molecule has 21 heavy (non-hydrogen) atoms. The summed E-state index contributed by atoms with van der Waals surface area (Å²) in [6.07, 6.45) is -4.84. The van der Waals surface area contributed by atoms with Crippen LogP contribution in [0.3, 0.4) is 0 Å². The molecule has 2 rings (SSSR count). The van der Waals surface area contributed by atoms with Crippen LogP contribution in [0.4, 0.5) is 23.2 Å². The monoisotopic (exact) mass is 409 g/mol. The maximum atomic E-state index is 13.1. The number of alkyl halides is 3. The number of carbonyl (C=O) groups excluding carboxylic acids is 1. The molecule has 0 aliphatic heterocycles. The Labute approximate surface area is 131 Å². The number of amides is 1. The molecular weight excluding hydrogens is 401 g/mol. The third-order valence-electron chi connectivity index (χ3n) is 2.64. The quantitative estimate of drug-likeness (QED) is 0.566. The van der Waals surface area contributed by atoms with Crippen molar-refractivity contribution >= 4 is 34.2 Å². The Hall–Kier alpha value is -1.64. The minimum Gasteiger partial charge on any atom is -0.322 e. The van der Waals surface area contributed by atoms with Crippen molar-refractivity contribution in [1.29, 1.82) is 0 Å². The average molecular weight is 409 g/mol. The van der Waals surface area contributed by atoms with Crippen molar-refractivity contribution in [3.8, 4) is 0 Å². The van der Waals surface area contributed by atoms with Crippen LogP contribution in [0.2, 0.25) is 0 Å². The molecule has 0 saturated heterocycles. The van der Waals surface area contributed by atoms with Crippen molar-refractivity contribution in [3.05, 3.63) is 63.0 Å². The van der Waals surface area contributed by atoms with E-state index in [0.717, 1.165) is 9.64 Å². The first kappa shape index (κ1) is 15.7. The van der Waals surface area contributed by atoms with Crippen LogP contribution in [-0.4, -0.2) is 5.91 Å². The van der Waals surface area contributed by atoms with E-state index in [1.54, 1.807) is 24.3 Å². The zero-order valence-corrected chi connectivity index (χ0v) is 12.5. The van der Waals surface area contributed by atoms with Gasteiger partial charge in [-0.1, -0.05) is 0 Å². The standard InChI is InChI=1S/C14H8F4INO/c15-12-6-1-8(7-11(12)14(16,17)18)13(21)20-10-4-2-9(19)3-5-10/h1-7H,(H,20,21). The van der Waals surface area contributed by atoms with E-state index in [-0.39, 0.29) is 5.56 Å². The summed E-state index contributed by atoms with van der Waals surface area (Å²) >= 11 is 2.08. The van der Waals surface area contributed by atoms with Crippen molar-refractivity contribution < 1.29 is 22.4 Å². The molecule has 0 saturated carbocycles. The van der Waals surface area contributed by atoms with Crippen molar-refractivity contribution in [2.24, 2.45) is 0 Å². The number of rotatable bonds is 2. The first-order valence-corrected chi connectivity index (χ1v) is 6.79. The lowest BCUT2D eigenvalue weighted by Gasteiger charge is -2.10. The third-order valence-corrected chi connectivity index (χ3v) is 3.36. The lowest BCUT2D eigenvalue weighted by molar-refractivity contribution is -0.140. The molecular formula is C14H8F4INO. The first-order chi connectivity index (χ1) is 9.77. The van der Waals surface area contributed by atoms with Gasteiger partial charge in [0, 0.05) is 14.8 Å². The molecule has 1 amide bonds. The second kappa shape index (κ2) is 6.00. The molecule has 0 aliphatic rings. The normalized spacial score (nSPS) is 11.3. The largest absolute Gasteiger partial charge is 0.419 e. The van der Waals surface area contributed by atoms with E-state index in [1.165, 1.54) is 0 Å². The summed E-state index contributed by atoms with van der Waals surface area (Å²) in [5, 5.41) is 2.45. The van der Waals surface area contributed by atoms with E-state index in [4.69, 9.17) is 0 Å². The number of benzene rings is 2. The van der Waals surface area contributed by atoms with Gasteiger partial charge in [0.25, 0.3) is 5.91 Å². The zero-order chi connectivity index (χ0) is 15.6. The van der Waals surface area contributed by atoms with Crippen LogP contribution in [0.25, 0.3) is 0 Å². The summed E-state index contributed by atoms with van der Waals surface area (Å²) in [5.74, 6) is -2.14. The van der Waals surface area contributed by atoms with Crippen molar-refractivity contribution in [3.63, 3.8) is 0 Å². The molecule has 110 valence electrons. The molecule has 0 aromatic heterocycles. The molecule has 1 N–H and O–H groups in total. The fourth-order valence-corrected chi connectivity index (χ4v) is 1.98. The number of carbonyl (C=O) groups is 1. The van der Waals surface area contributed by atoms with Crippen LogP contribution < -0.4 is 5.32 Å². The van der Waals surface area contributed by atoms with Crippen LogP contribution in [-0.2, 0) is 6.18 Å². The third kappa shape index (κ3) is 3.93. The highest BCUT2D eigenvalue weighted by molar-refractivity contribution is 14.1. The predicted molar refractivity (Wildman–Crippen MR) is 78.5 cm³/mol. The zero-order valence-electron chi connectivity index (χ0n) is 10.3. The van der Waals surface area contributed by atoms with Gasteiger partial charge in [0.15, 0.2) is 0 Å². The molecule has 0 unspecified atom stereocenters. The van der Waals surface area contributed by atoms with Gasteiger partial charge < -0.3 is 5.32 Å². The van der Waals surface area contributed by atoms with Gasteiger partial charge in [0.2, 0.25) is 0 Å². The molecule has 2 aromatic carbocycles. The van der Waals surface area contributed by atoms with E-state index >= 15 is 0 Å². The van der Waals surface area contributed by atoms with Gasteiger partial charge in [-0.15, -0.1) is 0 Å². The lowest BCUT2D eigenvalue weighted by Crippen LogP contribution is -2.15. The summed E-state index contributed by atoms with van der Waals surface area (Å²) < 4.78 is 51.9. The van der Waals surface area contributed by atoms with Crippen LogP contribution >= 0.6 is 22.6 Å². The minimum atomic E-state index is -4.84. The molecule has 0 aliphatic carbocycles. The Morgan fingerprint density at radius 1 is 1.05 bits per heavy atom. The van der Waals surface area contributed by atoms with Crippen LogP contribution in [0.1, 0.15) is 15.9 Å². The molecule has 0 spiro atoms.